The molecule has 0 atom stereocenters. The molecule has 0 aromatic rings. The van der Waals surface area contributed by atoms with Crippen LogP contribution in [0, 0.1) is 0 Å². The van der Waals surface area contributed by atoms with Gasteiger partial charge in [0.1, 0.15) is 0 Å². The Morgan fingerprint density at radius 1 is 0.962 bits per heavy atom. The Kier molecular flexibility index (Phi) is 10.2. The molecule has 6 nitrogen and oxygen atoms in total. The fraction of sp³-hybridized carbons (Fsp3) is 0.850. The van der Waals surface area contributed by atoms with Crippen LogP contribution >= 0.6 is 0 Å². The molecule has 1 amide bonds. The molecule has 0 saturated carbocycles. The van der Waals surface area contributed by atoms with Crippen molar-refractivity contribution in [1.29, 1.82) is 0 Å². The van der Waals surface area contributed by atoms with Gasteiger partial charge in [0.2, 0.25) is 5.91 Å². The molecule has 0 aromatic carbocycles. The third-order valence-corrected chi connectivity index (χ3v) is 5.50. The predicted molar refractivity (Wildman–Crippen MR) is 108 cm³/mol. The van der Waals surface area contributed by atoms with E-state index in [2.05, 4.69) is 21.7 Å². The van der Waals surface area contributed by atoms with Crippen LogP contribution in [0.1, 0.15) is 32.1 Å². The number of hydrogen-bond donors (Lipinski definition) is 1. The van der Waals surface area contributed by atoms with Crippen molar-refractivity contribution in [3.05, 3.63) is 12.2 Å². The van der Waals surface area contributed by atoms with Gasteiger partial charge in [-0.2, -0.15) is 0 Å². The number of amides is 1. The molecule has 2 fully saturated rings. The summed E-state index contributed by atoms with van der Waals surface area (Å²) in [7, 11) is 2.14. The first-order chi connectivity index (χ1) is 12.7. The molecule has 26 heavy (non-hydrogen) atoms. The summed E-state index contributed by atoms with van der Waals surface area (Å²) in [5.74, 6) is 0.186. The van der Waals surface area contributed by atoms with Crippen molar-refractivity contribution in [3.63, 3.8) is 0 Å². The van der Waals surface area contributed by atoms with E-state index in [4.69, 9.17) is 5.73 Å². The SMILES string of the molecule is CN(C/C=C/C(=O)N1CCCCC1)CCCN1CCN(CCCN)CC1. The minimum Gasteiger partial charge on any atom is -0.339 e. The van der Waals surface area contributed by atoms with Gasteiger partial charge in [-0.25, -0.2) is 0 Å². The standard InChI is InChI=1S/C20H39N5O/c1-22(10-5-8-20(26)25-14-3-2-4-15-25)11-7-13-24-18-16-23(17-19-24)12-6-9-21/h5,8H,2-4,6-7,9-19,21H2,1H3/b8-5+. The molecule has 0 bridgehead atoms. The Bertz CT molecular complexity index is 414. The Hall–Kier alpha value is -0.950. The van der Waals surface area contributed by atoms with Crippen LogP contribution in [-0.4, -0.2) is 105 Å². The van der Waals surface area contributed by atoms with Gasteiger partial charge in [-0.15, -0.1) is 0 Å². The first-order valence-corrected chi connectivity index (χ1v) is 10.5. The minimum atomic E-state index is 0.186. The van der Waals surface area contributed by atoms with Crippen molar-refractivity contribution in [1.82, 2.24) is 19.6 Å². The number of nitrogens with two attached hydrogens (primary N) is 1. The Balaban J connectivity index is 1.51. The number of carbonyl (C=O) groups is 1. The van der Waals surface area contributed by atoms with Crippen molar-refractivity contribution >= 4 is 5.91 Å². The zero-order valence-electron chi connectivity index (χ0n) is 16.7. The van der Waals surface area contributed by atoms with Gasteiger partial charge in [0, 0.05) is 51.9 Å². The van der Waals surface area contributed by atoms with Crippen molar-refractivity contribution in [3.8, 4) is 0 Å². The van der Waals surface area contributed by atoms with Gasteiger partial charge in [0.15, 0.2) is 0 Å². The summed E-state index contributed by atoms with van der Waals surface area (Å²) in [6, 6.07) is 0. The topological polar surface area (TPSA) is 56.1 Å². The molecule has 2 N–H and O–H groups in total. The summed E-state index contributed by atoms with van der Waals surface area (Å²) in [5, 5.41) is 0. The third kappa shape index (κ3) is 8.16. The van der Waals surface area contributed by atoms with E-state index in [1.165, 1.54) is 45.6 Å². The molecule has 0 unspecified atom stereocenters. The van der Waals surface area contributed by atoms with Crippen LogP contribution in [0.4, 0.5) is 0 Å². The highest BCUT2D eigenvalue weighted by Gasteiger charge is 2.16. The first-order valence-electron chi connectivity index (χ1n) is 10.5. The van der Waals surface area contributed by atoms with Crippen LogP contribution in [0.25, 0.3) is 0 Å². The molecule has 2 aliphatic rings. The summed E-state index contributed by atoms with van der Waals surface area (Å²) < 4.78 is 0. The average molecular weight is 366 g/mol. The quantitative estimate of drug-likeness (QED) is 0.582. The highest BCUT2D eigenvalue weighted by atomic mass is 16.2. The Morgan fingerprint density at radius 3 is 2.19 bits per heavy atom. The third-order valence-electron chi connectivity index (χ3n) is 5.50. The van der Waals surface area contributed by atoms with E-state index in [9.17, 15) is 4.79 Å². The maximum absolute atomic E-state index is 12.1. The van der Waals surface area contributed by atoms with Gasteiger partial charge < -0.3 is 25.3 Å². The van der Waals surface area contributed by atoms with Gasteiger partial charge in [-0.05, 0) is 65.3 Å². The number of hydrogen-bond acceptors (Lipinski definition) is 5. The molecular formula is C20H39N5O. The van der Waals surface area contributed by atoms with Crippen molar-refractivity contribution in [2.24, 2.45) is 5.73 Å². The van der Waals surface area contributed by atoms with Crippen molar-refractivity contribution < 1.29 is 4.79 Å². The van der Waals surface area contributed by atoms with Gasteiger partial charge in [-0.1, -0.05) is 6.08 Å². The number of piperazine rings is 1. The summed E-state index contributed by atoms with van der Waals surface area (Å²) in [6.07, 6.45) is 9.65. The van der Waals surface area contributed by atoms with Gasteiger partial charge in [0.25, 0.3) is 0 Å². The monoisotopic (exact) mass is 365 g/mol. The normalized spacial score (nSPS) is 20.3. The van der Waals surface area contributed by atoms with E-state index >= 15 is 0 Å². The second-order valence-electron chi connectivity index (χ2n) is 7.73. The Morgan fingerprint density at radius 2 is 1.58 bits per heavy atom. The van der Waals surface area contributed by atoms with Crippen LogP contribution < -0.4 is 5.73 Å². The maximum atomic E-state index is 12.1. The first kappa shape index (κ1) is 21.4. The second-order valence-corrected chi connectivity index (χ2v) is 7.73. The zero-order valence-corrected chi connectivity index (χ0v) is 16.7. The van der Waals surface area contributed by atoms with E-state index in [-0.39, 0.29) is 5.91 Å². The lowest BCUT2D eigenvalue weighted by molar-refractivity contribution is -0.126. The molecule has 0 aliphatic carbocycles. The van der Waals surface area contributed by atoms with Crippen molar-refractivity contribution in [2.45, 2.75) is 32.1 Å². The smallest absolute Gasteiger partial charge is 0.246 e. The molecule has 2 heterocycles. The number of rotatable bonds is 10. The molecule has 2 rings (SSSR count). The fourth-order valence-electron chi connectivity index (χ4n) is 3.76. The molecule has 0 aromatic heterocycles. The Labute approximate surface area is 160 Å². The lowest BCUT2D eigenvalue weighted by Gasteiger charge is -2.34. The van der Waals surface area contributed by atoms with E-state index in [1.54, 1.807) is 6.08 Å². The van der Waals surface area contributed by atoms with Crippen LogP contribution in [0.3, 0.4) is 0 Å². The second kappa shape index (κ2) is 12.4. The number of likely N-dealkylation sites (tertiary alicyclic amines) is 1. The van der Waals surface area contributed by atoms with Crippen molar-refractivity contribution in [2.75, 3.05) is 79.0 Å². The lowest BCUT2D eigenvalue weighted by atomic mass is 10.1. The maximum Gasteiger partial charge on any atom is 0.246 e. The molecule has 0 spiro atoms. The summed E-state index contributed by atoms with van der Waals surface area (Å²) in [5.41, 5.74) is 5.59. The van der Waals surface area contributed by atoms with Gasteiger partial charge in [-0.3, -0.25) is 4.79 Å². The molecule has 2 aliphatic heterocycles. The molecule has 150 valence electrons. The largest absolute Gasteiger partial charge is 0.339 e. The molecule has 6 heteroatoms. The lowest BCUT2D eigenvalue weighted by Crippen LogP contribution is -2.47. The van der Waals surface area contributed by atoms with Gasteiger partial charge >= 0.3 is 0 Å². The summed E-state index contributed by atoms with van der Waals surface area (Å²) in [4.78, 5) is 21.5. The zero-order chi connectivity index (χ0) is 18.6. The molecular weight excluding hydrogens is 326 g/mol. The fourth-order valence-corrected chi connectivity index (χ4v) is 3.76. The van der Waals surface area contributed by atoms with Crippen LogP contribution in [0.5, 0.6) is 0 Å². The summed E-state index contributed by atoms with van der Waals surface area (Å²) in [6.45, 7) is 11.6. The highest BCUT2D eigenvalue weighted by Crippen LogP contribution is 2.09. The van der Waals surface area contributed by atoms with E-state index in [1.807, 2.05) is 11.0 Å². The number of carbonyl (C=O) groups excluding carboxylic acids is 1. The van der Waals surface area contributed by atoms with Crippen LogP contribution in [0.15, 0.2) is 12.2 Å². The van der Waals surface area contributed by atoms with Gasteiger partial charge in [0.05, 0.1) is 0 Å². The average Bonchev–Trinajstić information content (AvgIpc) is 2.68. The van der Waals surface area contributed by atoms with E-state index in [0.29, 0.717) is 0 Å². The van der Waals surface area contributed by atoms with E-state index < -0.39 is 0 Å². The molecule has 2 saturated heterocycles. The van der Waals surface area contributed by atoms with E-state index in [0.717, 1.165) is 58.5 Å². The highest BCUT2D eigenvalue weighted by molar-refractivity contribution is 5.87. The van der Waals surface area contributed by atoms with Crippen LogP contribution in [0.2, 0.25) is 0 Å². The predicted octanol–water partition coefficient (Wildman–Crippen LogP) is 0.843. The number of likely N-dealkylation sites (N-methyl/N-ethyl adjacent to an activating group) is 1. The number of piperidine rings is 1. The molecule has 0 radical (unpaired) electrons. The minimum absolute atomic E-state index is 0.186. The van der Waals surface area contributed by atoms with Crippen LogP contribution in [-0.2, 0) is 4.79 Å². The number of nitrogens with zero attached hydrogens (tertiary/aromatic N) is 4. The summed E-state index contributed by atoms with van der Waals surface area (Å²) >= 11 is 0.